The van der Waals surface area contributed by atoms with Gasteiger partial charge in [0.1, 0.15) is 0 Å². The van der Waals surface area contributed by atoms with Crippen molar-refractivity contribution in [3.63, 3.8) is 0 Å². The molecule has 0 saturated heterocycles. The van der Waals surface area contributed by atoms with E-state index in [0.717, 1.165) is 0 Å². The molecule has 4 aromatic rings. The van der Waals surface area contributed by atoms with Gasteiger partial charge < -0.3 is 0 Å². The van der Waals surface area contributed by atoms with Gasteiger partial charge in [0.15, 0.2) is 11.7 Å². The van der Waals surface area contributed by atoms with Crippen LogP contribution in [0.2, 0.25) is 0 Å². The second-order valence-electron chi connectivity index (χ2n) is 8.88. The van der Waals surface area contributed by atoms with Crippen molar-refractivity contribution in [3.8, 4) is 0 Å². The van der Waals surface area contributed by atoms with Gasteiger partial charge in [-0.2, -0.15) is 16.8 Å². The largest absolute Gasteiger partial charge is 0.284 e. The van der Waals surface area contributed by atoms with Crippen molar-refractivity contribution in [2.75, 3.05) is 0 Å². The highest BCUT2D eigenvalue weighted by Crippen LogP contribution is 2.17. The highest BCUT2D eigenvalue weighted by molar-refractivity contribution is 7.90. The van der Waals surface area contributed by atoms with E-state index in [1.165, 1.54) is 24.3 Å². The molecule has 5 rings (SSSR count). The van der Waals surface area contributed by atoms with Crippen LogP contribution in [0.3, 0.4) is 0 Å². The van der Waals surface area contributed by atoms with Crippen molar-refractivity contribution in [1.29, 1.82) is 0 Å². The lowest BCUT2D eigenvalue weighted by molar-refractivity contribution is 0.596. The van der Waals surface area contributed by atoms with Gasteiger partial charge in [0, 0.05) is 11.1 Å². The number of hydrogen-bond donors (Lipinski definition) is 0. The topological polar surface area (TPSA) is 118 Å². The van der Waals surface area contributed by atoms with E-state index >= 15 is 0 Å². The summed E-state index contributed by atoms with van der Waals surface area (Å²) < 4.78 is 60.1. The lowest BCUT2D eigenvalue weighted by Gasteiger charge is -2.08. The Bertz CT molecular complexity index is 1800. The van der Waals surface area contributed by atoms with Crippen LogP contribution < -0.4 is 0 Å². The smallest absolute Gasteiger partial charge is 0.228 e. The number of benzene rings is 4. The van der Waals surface area contributed by atoms with E-state index in [4.69, 9.17) is 0 Å². The molecule has 0 bridgehead atoms. The van der Waals surface area contributed by atoms with Crippen molar-refractivity contribution in [1.82, 2.24) is 0 Å². The molecule has 0 N–H and O–H groups in total. The van der Waals surface area contributed by atoms with Gasteiger partial charge in [-0.05, 0) is 48.6 Å². The van der Waals surface area contributed by atoms with Crippen molar-refractivity contribution in [2.24, 2.45) is 18.8 Å². The number of amidine groups is 2. The monoisotopic (exact) mass is 592 g/mol. The Labute approximate surface area is 244 Å². The molecule has 0 atom stereocenters. The molecule has 0 aliphatic heterocycles. The van der Waals surface area contributed by atoms with Crippen LogP contribution in [0.5, 0.6) is 0 Å². The van der Waals surface area contributed by atoms with E-state index in [1.54, 1.807) is 109 Å². The van der Waals surface area contributed by atoms with E-state index in [2.05, 4.69) is 18.8 Å². The second kappa shape index (κ2) is 12.6. The Morgan fingerprint density at radius 3 is 1.00 bits per heavy atom. The third kappa shape index (κ3) is 7.17. The summed E-state index contributed by atoms with van der Waals surface area (Å²) in [6.07, 6.45) is 6.56. The zero-order valence-corrected chi connectivity index (χ0v) is 23.7. The Morgan fingerprint density at radius 1 is 0.405 bits per heavy atom. The molecule has 208 valence electrons. The SMILES string of the molecule is O=S(=O)(/N=C(\N=C1C=CC(=N/C(=N\S(=O)(=O)c2ccccc2)c2ccccc2)C=C1)c1ccccc1)c1ccccc1. The molecule has 0 saturated carbocycles. The molecule has 0 spiro atoms. The first kappa shape index (κ1) is 28.5. The summed E-state index contributed by atoms with van der Waals surface area (Å²) in [6, 6.07) is 33.5. The highest BCUT2D eigenvalue weighted by Gasteiger charge is 2.17. The number of aliphatic imine (C=N–C) groups is 2. The number of rotatable bonds is 6. The van der Waals surface area contributed by atoms with E-state index in [0.29, 0.717) is 22.6 Å². The fraction of sp³-hybridized carbons (Fsp3) is 0. The van der Waals surface area contributed by atoms with Crippen LogP contribution in [0, 0.1) is 0 Å². The first-order valence-electron chi connectivity index (χ1n) is 12.7. The van der Waals surface area contributed by atoms with Crippen LogP contribution in [0.4, 0.5) is 0 Å². The fourth-order valence-electron chi connectivity index (χ4n) is 3.81. The Hall–Kier alpha value is -5.06. The summed E-state index contributed by atoms with van der Waals surface area (Å²) in [5, 5.41) is 0. The molecule has 42 heavy (non-hydrogen) atoms. The van der Waals surface area contributed by atoms with Crippen LogP contribution >= 0.6 is 0 Å². The number of allylic oxidation sites excluding steroid dienone is 4. The lowest BCUT2D eigenvalue weighted by Crippen LogP contribution is -2.10. The first-order valence-corrected chi connectivity index (χ1v) is 15.6. The summed E-state index contributed by atoms with van der Waals surface area (Å²) in [7, 11) is -8.04. The number of sulfonamides is 2. The van der Waals surface area contributed by atoms with Gasteiger partial charge in [0.2, 0.25) is 0 Å². The summed E-state index contributed by atoms with van der Waals surface area (Å²) in [4.78, 5) is 9.15. The molecule has 0 heterocycles. The molecular weight excluding hydrogens is 569 g/mol. The van der Waals surface area contributed by atoms with Crippen LogP contribution in [-0.4, -0.2) is 39.9 Å². The van der Waals surface area contributed by atoms with Gasteiger partial charge >= 0.3 is 0 Å². The molecule has 1 aliphatic carbocycles. The molecule has 4 aromatic carbocycles. The summed E-state index contributed by atoms with van der Waals surface area (Å²) in [6.45, 7) is 0. The van der Waals surface area contributed by atoms with E-state index < -0.39 is 20.0 Å². The lowest BCUT2D eigenvalue weighted by atomic mass is 10.1. The van der Waals surface area contributed by atoms with E-state index in [9.17, 15) is 16.8 Å². The molecule has 0 amide bonds. The summed E-state index contributed by atoms with van der Waals surface area (Å²) >= 11 is 0. The third-order valence-corrected chi connectivity index (χ3v) is 8.44. The van der Waals surface area contributed by atoms with Gasteiger partial charge in [-0.15, -0.1) is 8.80 Å². The maximum Gasteiger partial charge on any atom is 0.284 e. The molecular formula is C32H24N4O4S2. The van der Waals surface area contributed by atoms with Gasteiger partial charge in [-0.25, -0.2) is 9.98 Å². The fourth-order valence-corrected chi connectivity index (χ4v) is 5.77. The average molecular weight is 593 g/mol. The summed E-state index contributed by atoms with van der Waals surface area (Å²) in [5.41, 5.74) is 1.90. The third-order valence-electron chi connectivity index (χ3n) is 5.88. The minimum absolute atomic E-state index is 0.0182. The molecule has 1 aliphatic rings. The Balaban J connectivity index is 1.50. The van der Waals surface area contributed by atoms with E-state index in [1.807, 2.05) is 12.1 Å². The molecule has 8 nitrogen and oxygen atoms in total. The van der Waals surface area contributed by atoms with Crippen molar-refractivity contribution < 1.29 is 16.8 Å². The minimum Gasteiger partial charge on any atom is -0.228 e. The van der Waals surface area contributed by atoms with Crippen LogP contribution in [0.25, 0.3) is 0 Å². The normalized spacial score (nSPS) is 14.1. The van der Waals surface area contributed by atoms with Gasteiger partial charge in [0.05, 0.1) is 21.2 Å². The maximum absolute atomic E-state index is 13.0. The predicted molar refractivity (Wildman–Crippen MR) is 166 cm³/mol. The average Bonchev–Trinajstić information content (AvgIpc) is 3.03. The molecule has 0 fully saturated rings. The predicted octanol–water partition coefficient (Wildman–Crippen LogP) is 5.67. The first-order chi connectivity index (χ1) is 20.3. The van der Waals surface area contributed by atoms with Crippen LogP contribution in [0.15, 0.2) is 174 Å². The zero-order chi connectivity index (χ0) is 29.4. The zero-order valence-electron chi connectivity index (χ0n) is 22.1. The Morgan fingerprint density at radius 2 is 0.690 bits per heavy atom. The van der Waals surface area contributed by atoms with Crippen molar-refractivity contribution in [3.05, 3.63) is 157 Å². The maximum atomic E-state index is 13.0. The molecule has 0 aromatic heterocycles. The summed E-state index contributed by atoms with van der Waals surface area (Å²) in [5.74, 6) is 0.0364. The van der Waals surface area contributed by atoms with Crippen molar-refractivity contribution >= 4 is 43.1 Å². The molecule has 0 unspecified atom stereocenters. The van der Waals surface area contributed by atoms with Crippen molar-refractivity contribution in [2.45, 2.75) is 9.79 Å². The molecule has 0 radical (unpaired) electrons. The van der Waals surface area contributed by atoms with E-state index in [-0.39, 0.29) is 21.5 Å². The molecule has 10 heteroatoms. The van der Waals surface area contributed by atoms with Crippen LogP contribution in [0.1, 0.15) is 11.1 Å². The van der Waals surface area contributed by atoms with Gasteiger partial charge in [0.25, 0.3) is 20.0 Å². The Kier molecular flexibility index (Phi) is 8.56. The van der Waals surface area contributed by atoms with Gasteiger partial charge in [-0.3, -0.25) is 0 Å². The second-order valence-corrected chi connectivity index (χ2v) is 12.1. The number of hydrogen-bond acceptors (Lipinski definition) is 4. The standard InChI is InChI=1S/C32H24N4O4S2/c37-41(38,29-17-9-3-10-18-29)35-31(25-13-5-1-6-14-25)33-27-21-23-28(24-22-27)34-32(26-15-7-2-8-16-26)36-42(39,40)30-19-11-4-12-20-30/h1-24H/b33-27?,34-28?,35-31-,36-32-. The van der Waals surface area contributed by atoms with Crippen LogP contribution in [-0.2, 0) is 20.0 Å². The van der Waals surface area contributed by atoms with Gasteiger partial charge in [-0.1, -0.05) is 97.1 Å². The highest BCUT2D eigenvalue weighted by atomic mass is 32.2. The quantitative estimate of drug-likeness (QED) is 0.163. The minimum atomic E-state index is -4.02. The number of nitrogens with zero attached hydrogens (tertiary/aromatic N) is 4.